The monoisotopic (exact) mass is 432 g/mol. The number of hydrogen-bond donors (Lipinski definition) is 4. The minimum atomic E-state index is -1.32. The predicted octanol–water partition coefficient (Wildman–Crippen LogP) is 1.36. The summed E-state index contributed by atoms with van der Waals surface area (Å²) >= 11 is 0. The summed E-state index contributed by atoms with van der Waals surface area (Å²) < 4.78 is 5.04. The molecule has 1 aromatic rings. The maximum atomic E-state index is 13.8. The van der Waals surface area contributed by atoms with Crippen molar-refractivity contribution in [3.8, 4) is 0 Å². The third-order valence-electron chi connectivity index (χ3n) is 9.90. The Morgan fingerprint density at radius 3 is 2.45 bits per heavy atom. The highest BCUT2D eigenvalue weighted by molar-refractivity contribution is 5.93. The standard InChI is InChI=1S/C24H32O7/c1-22-13(9-14(25)10-17(22)26)4-5-16-19(22)20(28)21(29)23(2)15(7-8-24(16,23)30)12-3-6-18(27)31-11-12/h3,6,11,13-17,19-20,25-26,28,30H,4-5,7-10H2,1-2H3/t13-,14-,15-,16-,17-,19-,20+,22-,23+,24+/m1/s1. The van der Waals surface area contributed by atoms with Gasteiger partial charge in [0, 0.05) is 23.3 Å². The van der Waals surface area contributed by atoms with Gasteiger partial charge in [-0.1, -0.05) is 6.92 Å². The molecule has 0 unspecified atom stereocenters. The average molecular weight is 433 g/mol. The lowest BCUT2D eigenvalue weighted by Gasteiger charge is -2.64. The molecule has 4 fully saturated rings. The second-order valence-electron chi connectivity index (χ2n) is 10.8. The van der Waals surface area contributed by atoms with Gasteiger partial charge in [-0.15, -0.1) is 0 Å². The van der Waals surface area contributed by atoms with E-state index in [0.29, 0.717) is 31.2 Å². The molecule has 10 atom stereocenters. The first-order valence-electron chi connectivity index (χ1n) is 11.4. The summed E-state index contributed by atoms with van der Waals surface area (Å²) in [7, 11) is 0. The van der Waals surface area contributed by atoms with Crippen LogP contribution in [0.15, 0.2) is 27.6 Å². The molecule has 5 rings (SSSR count). The fourth-order valence-electron chi connectivity index (χ4n) is 8.18. The van der Waals surface area contributed by atoms with Crippen molar-refractivity contribution in [1.82, 2.24) is 0 Å². The van der Waals surface area contributed by atoms with Crippen LogP contribution in [0.1, 0.15) is 63.9 Å². The number of rotatable bonds is 1. The molecular weight excluding hydrogens is 400 g/mol. The van der Waals surface area contributed by atoms with Gasteiger partial charge in [0.15, 0.2) is 5.78 Å². The highest BCUT2D eigenvalue weighted by Gasteiger charge is 2.74. The van der Waals surface area contributed by atoms with E-state index in [1.807, 2.05) is 6.92 Å². The fraction of sp³-hybridized carbons (Fsp3) is 0.750. The second-order valence-corrected chi connectivity index (χ2v) is 10.8. The van der Waals surface area contributed by atoms with Crippen molar-refractivity contribution in [2.75, 3.05) is 0 Å². The largest absolute Gasteiger partial charge is 0.431 e. The van der Waals surface area contributed by atoms with E-state index in [4.69, 9.17) is 4.42 Å². The zero-order valence-corrected chi connectivity index (χ0v) is 18.0. The number of fused-ring (bicyclic) bond motifs is 5. The van der Waals surface area contributed by atoms with Crippen LogP contribution in [0.4, 0.5) is 0 Å². The lowest BCUT2D eigenvalue weighted by atomic mass is 9.41. The lowest BCUT2D eigenvalue weighted by Crippen LogP contribution is -2.72. The third kappa shape index (κ3) is 2.55. The molecule has 0 aliphatic heterocycles. The number of carbonyl (C=O) groups excluding carboxylic acids is 1. The predicted molar refractivity (Wildman–Crippen MR) is 110 cm³/mol. The molecule has 1 heterocycles. The minimum absolute atomic E-state index is 0.0106. The molecule has 31 heavy (non-hydrogen) atoms. The molecule has 7 heteroatoms. The quantitative estimate of drug-likeness (QED) is 0.527. The summed E-state index contributed by atoms with van der Waals surface area (Å²) in [5, 5.41) is 44.7. The highest BCUT2D eigenvalue weighted by Crippen LogP contribution is 2.69. The van der Waals surface area contributed by atoms with Gasteiger partial charge in [0.1, 0.15) is 6.10 Å². The number of aliphatic hydroxyl groups is 4. The van der Waals surface area contributed by atoms with Gasteiger partial charge in [-0.25, -0.2) is 4.79 Å². The number of Topliss-reactive ketones (excluding diaryl/α,β-unsaturated/α-hetero) is 1. The van der Waals surface area contributed by atoms with Crippen LogP contribution in [0, 0.1) is 28.6 Å². The molecule has 4 N–H and O–H groups in total. The Hall–Kier alpha value is -1.54. The van der Waals surface area contributed by atoms with Gasteiger partial charge in [-0.2, -0.15) is 0 Å². The van der Waals surface area contributed by atoms with Crippen molar-refractivity contribution in [3.05, 3.63) is 34.4 Å². The first kappa shape index (κ1) is 21.3. The van der Waals surface area contributed by atoms with Crippen LogP contribution in [-0.4, -0.2) is 50.1 Å². The normalized spacial score (nSPS) is 51.7. The van der Waals surface area contributed by atoms with Gasteiger partial charge >= 0.3 is 5.63 Å². The van der Waals surface area contributed by atoms with E-state index in [2.05, 4.69) is 0 Å². The van der Waals surface area contributed by atoms with Crippen LogP contribution < -0.4 is 5.63 Å². The Bertz CT molecular complexity index is 937. The van der Waals surface area contributed by atoms with Crippen molar-refractivity contribution < 1.29 is 29.6 Å². The zero-order valence-electron chi connectivity index (χ0n) is 18.0. The van der Waals surface area contributed by atoms with E-state index < -0.39 is 52.1 Å². The Balaban J connectivity index is 1.60. The summed E-state index contributed by atoms with van der Waals surface area (Å²) in [6, 6.07) is 2.96. The smallest absolute Gasteiger partial charge is 0.335 e. The SMILES string of the molecule is C[C@]12[C@H](CC[C@@H]3[C@@H]1[C@H](O)C(=O)[C@]1(C)[C@@H](c4ccc(=O)oc4)CC[C@]31O)C[C@@H](O)C[C@H]2O. The number of carbonyl (C=O) groups is 1. The van der Waals surface area contributed by atoms with Gasteiger partial charge in [0.05, 0.1) is 29.5 Å². The summed E-state index contributed by atoms with van der Waals surface area (Å²) in [5.41, 5.74) is -3.07. The van der Waals surface area contributed by atoms with Crippen LogP contribution in [0.2, 0.25) is 0 Å². The maximum Gasteiger partial charge on any atom is 0.335 e. The molecule has 0 radical (unpaired) electrons. The second kappa shape index (κ2) is 6.73. The summed E-state index contributed by atoms with van der Waals surface area (Å²) in [5.74, 6) is -1.67. The van der Waals surface area contributed by atoms with Crippen LogP contribution >= 0.6 is 0 Å². The number of hydrogen-bond acceptors (Lipinski definition) is 7. The fourth-order valence-corrected chi connectivity index (χ4v) is 8.18. The van der Waals surface area contributed by atoms with Crippen molar-refractivity contribution in [3.63, 3.8) is 0 Å². The molecule has 1 aromatic heterocycles. The molecule has 0 bridgehead atoms. The van der Waals surface area contributed by atoms with Gasteiger partial charge < -0.3 is 24.8 Å². The van der Waals surface area contributed by atoms with Gasteiger partial charge in [-0.05, 0) is 68.9 Å². The van der Waals surface area contributed by atoms with Crippen molar-refractivity contribution >= 4 is 5.78 Å². The summed E-state index contributed by atoms with van der Waals surface area (Å²) in [6.07, 6.45) is 1.72. The zero-order chi connectivity index (χ0) is 22.3. The molecular formula is C24H32O7. The van der Waals surface area contributed by atoms with E-state index in [1.54, 1.807) is 13.0 Å². The maximum absolute atomic E-state index is 13.8. The van der Waals surface area contributed by atoms with Gasteiger partial charge in [-0.3, -0.25) is 4.79 Å². The third-order valence-corrected chi connectivity index (χ3v) is 9.90. The molecule has 4 aliphatic rings. The Morgan fingerprint density at radius 2 is 1.77 bits per heavy atom. The first-order valence-corrected chi connectivity index (χ1v) is 11.4. The first-order chi connectivity index (χ1) is 14.5. The van der Waals surface area contributed by atoms with E-state index in [0.717, 1.165) is 6.42 Å². The van der Waals surface area contributed by atoms with Crippen LogP contribution in [-0.2, 0) is 4.79 Å². The van der Waals surface area contributed by atoms with Crippen molar-refractivity contribution in [2.45, 2.75) is 82.2 Å². The van der Waals surface area contributed by atoms with Crippen molar-refractivity contribution in [2.24, 2.45) is 28.6 Å². The van der Waals surface area contributed by atoms with E-state index in [9.17, 15) is 30.0 Å². The molecule has 170 valence electrons. The van der Waals surface area contributed by atoms with Crippen LogP contribution in [0.3, 0.4) is 0 Å². The Labute approximate surface area is 181 Å². The Morgan fingerprint density at radius 1 is 1.03 bits per heavy atom. The molecule has 0 spiro atoms. The summed E-state index contributed by atoms with van der Waals surface area (Å²) in [6.45, 7) is 3.67. The number of aliphatic hydroxyl groups excluding tert-OH is 3. The Kier molecular flexibility index (Phi) is 4.63. The number of ketones is 1. The molecule has 0 amide bonds. The van der Waals surface area contributed by atoms with Crippen LogP contribution in [0.25, 0.3) is 0 Å². The topological polar surface area (TPSA) is 128 Å². The van der Waals surface area contributed by atoms with E-state index in [1.165, 1.54) is 12.3 Å². The van der Waals surface area contributed by atoms with Crippen LogP contribution in [0.5, 0.6) is 0 Å². The molecule has 0 saturated heterocycles. The average Bonchev–Trinajstić information content (AvgIpc) is 3.00. The lowest BCUT2D eigenvalue weighted by molar-refractivity contribution is -0.246. The highest BCUT2D eigenvalue weighted by atomic mass is 16.4. The van der Waals surface area contributed by atoms with Gasteiger partial charge in [0.2, 0.25) is 0 Å². The molecule has 7 nitrogen and oxygen atoms in total. The van der Waals surface area contributed by atoms with E-state index in [-0.39, 0.29) is 24.2 Å². The molecule has 4 saturated carbocycles. The van der Waals surface area contributed by atoms with E-state index >= 15 is 0 Å². The molecule has 4 aliphatic carbocycles. The van der Waals surface area contributed by atoms with Gasteiger partial charge in [0.25, 0.3) is 0 Å². The summed E-state index contributed by atoms with van der Waals surface area (Å²) in [4.78, 5) is 25.2. The minimum Gasteiger partial charge on any atom is -0.431 e. The van der Waals surface area contributed by atoms with Crippen molar-refractivity contribution in [1.29, 1.82) is 0 Å². The molecule has 0 aromatic carbocycles.